The van der Waals surface area contributed by atoms with E-state index in [1.165, 1.54) is 0 Å². The minimum absolute atomic E-state index is 0.126. The Bertz CT molecular complexity index is 499. The zero-order valence-corrected chi connectivity index (χ0v) is 10.3. The number of aliphatic imine (C=N–C) groups is 1. The highest BCUT2D eigenvalue weighted by Gasteiger charge is 2.25. The topological polar surface area (TPSA) is 85.9 Å². The summed E-state index contributed by atoms with van der Waals surface area (Å²) in [5.74, 6) is 1.16. The summed E-state index contributed by atoms with van der Waals surface area (Å²) < 4.78 is 10.5. The van der Waals surface area contributed by atoms with Crippen molar-refractivity contribution in [3.63, 3.8) is 0 Å². The quantitative estimate of drug-likeness (QED) is 0.820. The van der Waals surface area contributed by atoms with Crippen LogP contribution < -0.4 is 20.5 Å². The second kappa shape index (κ2) is 4.95. The highest BCUT2D eigenvalue weighted by molar-refractivity contribution is 5.98. The van der Waals surface area contributed by atoms with Crippen LogP contribution in [0.2, 0.25) is 0 Å². The molecule has 0 fully saturated rings. The number of ether oxygens (including phenoxy) is 2. The Kier molecular flexibility index (Phi) is 3.36. The lowest BCUT2D eigenvalue weighted by Gasteiger charge is -2.21. The van der Waals surface area contributed by atoms with E-state index in [1.807, 2.05) is 12.1 Å². The summed E-state index contributed by atoms with van der Waals surface area (Å²) in [5, 5.41) is 2.46. The molecular formula is C12H15N3O3. The predicted molar refractivity (Wildman–Crippen MR) is 66.7 cm³/mol. The van der Waals surface area contributed by atoms with Crippen LogP contribution in [0.5, 0.6) is 11.5 Å². The lowest BCUT2D eigenvalue weighted by Crippen LogP contribution is -2.41. The highest BCUT2D eigenvalue weighted by Crippen LogP contribution is 2.37. The number of rotatable bonds is 3. The van der Waals surface area contributed by atoms with Crippen LogP contribution in [-0.2, 0) is 4.79 Å². The molecular weight excluding hydrogens is 234 g/mol. The zero-order chi connectivity index (χ0) is 13.1. The fourth-order valence-electron chi connectivity index (χ4n) is 1.97. The van der Waals surface area contributed by atoms with Gasteiger partial charge in [0.2, 0.25) is 5.91 Å². The minimum atomic E-state index is -0.344. The van der Waals surface area contributed by atoms with Crippen molar-refractivity contribution in [2.24, 2.45) is 10.7 Å². The number of amides is 1. The number of nitrogens with two attached hydrogens (primary N) is 1. The van der Waals surface area contributed by atoms with Gasteiger partial charge in [-0.05, 0) is 6.07 Å². The zero-order valence-electron chi connectivity index (χ0n) is 10.3. The van der Waals surface area contributed by atoms with E-state index in [2.05, 4.69) is 10.3 Å². The van der Waals surface area contributed by atoms with Gasteiger partial charge < -0.3 is 15.2 Å². The third kappa shape index (κ3) is 2.22. The first-order valence-electron chi connectivity index (χ1n) is 5.49. The monoisotopic (exact) mass is 249 g/mol. The summed E-state index contributed by atoms with van der Waals surface area (Å²) in [6.45, 7) is 0. The Hall–Kier alpha value is -2.24. The SMILES string of the molecule is COc1cccc(C2CC(=O)NC(N)=N2)c1OC. The third-order valence-electron chi connectivity index (χ3n) is 2.73. The molecule has 0 bridgehead atoms. The van der Waals surface area contributed by atoms with Gasteiger partial charge in [0.1, 0.15) is 0 Å². The van der Waals surface area contributed by atoms with Gasteiger partial charge in [-0.2, -0.15) is 0 Å². The number of benzene rings is 1. The predicted octanol–water partition coefficient (Wildman–Crippen LogP) is 0.580. The second-order valence-electron chi connectivity index (χ2n) is 3.87. The van der Waals surface area contributed by atoms with Crippen molar-refractivity contribution in [2.75, 3.05) is 14.2 Å². The fraction of sp³-hybridized carbons (Fsp3) is 0.333. The van der Waals surface area contributed by atoms with Crippen LogP contribution in [-0.4, -0.2) is 26.1 Å². The molecule has 0 spiro atoms. The van der Waals surface area contributed by atoms with Crippen LogP contribution in [0.3, 0.4) is 0 Å². The molecule has 1 heterocycles. The largest absolute Gasteiger partial charge is 0.493 e. The maximum atomic E-state index is 11.5. The number of guanidine groups is 1. The van der Waals surface area contributed by atoms with Gasteiger partial charge in [0.05, 0.1) is 26.7 Å². The van der Waals surface area contributed by atoms with Crippen molar-refractivity contribution >= 4 is 11.9 Å². The molecule has 3 N–H and O–H groups in total. The lowest BCUT2D eigenvalue weighted by molar-refractivity contribution is -0.120. The standard InChI is InChI=1S/C12H15N3O3/c1-17-9-5-3-4-7(11(9)18-2)8-6-10(16)15-12(13)14-8/h3-5,8H,6H2,1-2H3,(H3,13,14,15,16). The van der Waals surface area contributed by atoms with Gasteiger partial charge in [-0.3, -0.25) is 10.1 Å². The fourth-order valence-corrected chi connectivity index (χ4v) is 1.97. The Labute approximate surface area is 105 Å². The molecule has 1 aliphatic rings. The van der Waals surface area contributed by atoms with Crippen molar-refractivity contribution in [1.82, 2.24) is 5.32 Å². The summed E-state index contributed by atoms with van der Waals surface area (Å²) in [6.07, 6.45) is 0.240. The van der Waals surface area contributed by atoms with Gasteiger partial charge in [0.15, 0.2) is 17.5 Å². The normalized spacial score (nSPS) is 18.9. The number of carbonyl (C=O) groups is 1. The Morgan fingerprint density at radius 2 is 2.17 bits per heavy atom. The molecule has 0 aliphatic carbocycles. The smallest absolute Gasteiger partial charge is 0.229 e. The highest BCUT2D eigenvalue weighted by atomic mass is 16.5. The summed E-state index contributed by atoms with van der Waals surface area (Å²) in [4.78, 5) is 15.7. The number of carbonyl (C=O) groups excluding carboxylic acids is 1. The van der Waals surface area contributed by atoms with E-state index in [0.717, 1.165) is 5.56 Å². The molecule has 6 nitrogen and oxygen atoms in total. The van der Waals surface area contributed by atoms with Crippen molar-refractivity contribution in [3.05, 3.63) is 23.8 Å². The number of methoxy groups -OCH3 is 2. The van der Waals surface area contributed by atoms with Crippen LogP contribution in [0.1, 0.15) is 18.0 Å². The average Bonchev–Trinajstić information content (AvgIpc) is 2.36. The Balaban J connectivity index is 2.44. The van der Waals surface area contributed by atoms with Crippen LogP contribution in [0, 0.1) is 0 Å². The molecule has 1 aromatic rings. The summed E-state index contributed by atoms with van der Waals surface area (Å²) >= 11 is 0. The molecule has 96 valence electrons. The van der Waals surface area contributed by atoms with Crippen molar-refractivity contribution < 1.29 is 14.3 Å². The van der Waals surface area contributed by atoms with Gasteiger partial charge in [-0.1, -0.05) is 12.1 Å². The van der Waals surface area contributed by atoms with E-state index in [0.29, 0.717) is 11.5 Å². The Morgan fingerprint density at radius 3 is 2.78 bits per heavy atom. The van der Waals surface area contributed by atoms with E-state index in [9.17, 15) is 4.79 Å². The first kappa shape index (κ1) is 12.2. The molecule has 2 rings (SSSR count). The first-order valence-corrected chi connectivity index (χ1v) is 5.49. The van der Waals surface area contributed by atoms with E-state index >= 15 is 0 Å². The minimum Gasteiger partial charge on any atom is -0.493 e. The van der Waals surface area contributed by atoms with Crippen molar-refractivity contribution in [1.29, 1.82) is 0 Å². The molecule has 0 aromatic heterocycles. The van der Waals surface area contributed by atoms with Crippen LogP contribution in [0.25, 0.3) is 0 Å². The number of hydrogen-bond donors (Lipinski definition) is 2. The van der Waals surface area contributed by atoms with Gasteiger partial charge in [0, 0.05) is 5.56 Å². The van der Waals surface area contributed by atoms with E-state index in [1.54, 1.807) is 20.3 Å². The molecule has 1 unspecified atom stereocenters. The molecule has 6 heteroatoms. The number of nitrogens with zero attached hydrogens (tertiary/aromatic N) is 1. The van der Waals surface area contributed by atoms with Crippen LogP contribution in [0.4, 0.5) is 0 Å². The molecule has 0 saturated heterocycles. The van der Waals surface area contributed by atoms with Gasteiger partial charge in [-0.15, -0.1) is 0 Å². The number of nitrogens with one attached hydrogen (secondary N) is 1. The summed E-state index contributed by atoms with van der Waals surface area (Å²) in [6, 6.07) is 5.12. The van der Waals surface area contributed by atoms with Crippen molar-refractivity contribution in [2.45, 2.75) is 12.5 Å². The number of hydrogen-bond acceptors (Lipinski definition) is 5. The molecule has 0 saturated carbocycles. The van der Waals surface area contributed by atoms with E-state index < -0.39 is 0 Å². The Morgan fingerprint density at radius 1 is 1.39 bits per heavy atom. The lowest BCUT2D eigenvalue weighted by atomic mass is 10.0. The first-order chi connectivity index (χ1) is 8.65. The maximum absolute atomic E-state index is 11.5. The summed E-state index contributed by atoms with van der Waals surface area (Å²) in [5.41, 5.74) is 6.35. The molecule has 1 amide bonds. The maximum Gasteiger partial charge on any atom is 0.229 e. The number of para-hydroxylation sites is 1. The van der Waals surface area contributed by atoms with E-state index in [4.69, 9.17) is 15.2 Å². The van der Waals surface area contributed by atoms with Gasteiger partial charge in [0.25, 0.3) is 0 Å². The van der Waals surface area contributed by atoms with Gasteiger partial charge >= 0.3 is 0 Å². The summed E-state index contributed by atoms with van der Waals surface area (Å²) in [7, 11) is 3.12. The van der Waals surface area contributed by atoms with Crippen LogP contribution in [0.15, 0.2) is 23.2 Å². The van der Waals surface area contributed by atoms with Crippen molar-refractivity contribution in [3.8, 4) is 11.5 Å². The molecule has 0 radical (unpaired) electrons. The average molecular weight is 249 g/mol. The van der Waals surface area contributed by atoms with Gasteiger partial charge in [-0.25, -0.2) is 4.99 Å². The molecule has 1 atom stereocenters. The molecule has 1 aromatic carbocycles. The second-order valence-corrected chi connectivity index (χ2v) is 3.87. The molecule has 1 aliphatic heterocycles. The third-order valence-corrected chi connectivity index (χ3v) is 2.73. The van der Waals surface area contributed by atoms with Crippen LogP contribution >= 0.6 is 0 Å². The van der Waals surface area contributed by atoms with E-state index in [-0.39, 0.29) is 24.3 Å². The molecule has 18 heavy (non-hydrogen) atoms.